The zero-order chi connectivity index (χ0) is 16.4. The quantitative estimate of drug-likeness (QED) is 0.676. The van der Waals surface area contributed by atoms with E-state index < -0.39 is 4.92 Å². The number of hydrogen-bond donors (Lipinski definition) is 1. The van der Waals surface area contributed by atoms with Gasteiger partial charge in [0.15, 0.2) is 0 Å². The first-order valence-corrected chi connectivity index (χ1v) is 7.45. The lowest BCUT2D eigenvalue weighted by atomic mass is 10.2. The summed E-state index contributed by atoms with van der Waals surface area (Å²) in [5, 5.41) is 11.5. The monoisotopic (exact) mass is 334 g/mol. The van der Waals surface area contributed by atoms with Crippen LogP contribution in [-0.2, 0) is 0 Å². The summed E-state index contributed by atoms with van der Waals surface area (Å²) in [5.41, 5.74) is 6.42. The Bertz CT molecular complexity index is 733. The van der Waals surface area contributed by atoms with Gasteiger partial charge in [-0.2, -0.15) is 4.98 Å². The summed E-state index contributed by atoms with van der Waals surface area (Å²) < 4.78 is 0. The van der Waals surface area contributed by atoms with Gasteiger partial charge in [0.1, 0.15) is 6.20 Å². The average molecular weight is 335 g/mol. The molecule has 120 valence electrons. The molecule has 1 aliphatic heterocycles. The Morgan fingerprint density at radius 1 is 1.22 bits per heavy atom. The van der Waals surface area contributed by atoms with Gasteiger partial charge >= 0.3 is 5.69 Å². The Morgan fingerprint density at radius 2 is 1.91 bits per heavy atom. The lowest BCUT2D eigenvalue weighted by Gasteiger charge is -2.36. The van der Waals surface area contributed by atoms with Crippen LogP contribution < -0.4 is 15.5 Å². The number of benzene rings is 1. The molecule has 0 unspecified atom stereocenters. The maximum absolute atomic E-state index is 10.8. The second kappa shape index (κ2) is 6.25. The second-order valence-electron chi connectivity index (χ2n) is 5.15. The fourth-order valence-electron chi connectivity index (χ4n) is 2.51. The molecule has 8 nitrogen and oxygen atoms in total. The van der Waals surface area contributed by atoms with Crippen molar-refractivity contribution in [3.63, 3.8) is 0 Å². The van der Waals surface area contributed by atoms with Crippen LogP contribution in [0.3, 0.4) is 0 Å². The van der Waals surface area contributed by atoms with Gasteiger partial charge in [-0.3, -0.25) is 10.1 Å². The Balaban J connectivity index is 1.69. The van der Waals surface area contributed by atoms with Gasteiger partial charge in [-0.05, 0) is 18.2 Å². The summed E-state index contributed by atoms with van der Waals surface area (Å²) in [6.07, 6.45) is 1.15. The van der Waals surface area contributed by atoms with E-state index in [-0.39, 0.29) is 11.5 Å². The third kappa shape index (κ3) is 3.26. The van der Waals surface area contributed by atoms with Gasteiger partial charge in [0.2, 0.25) is 11.8 Å². The molecule has 0 saturated carbocycles. The lowest BCUT2D eigenvalue weighted by molar-refractivity contribution is -0.384. The summed E-state index contributed by atoms with van der Waals surface area (Å²) in [6.45, 7) is 2.95. The summed E-state index contributed by atoms with van der Waals surface area (Å²) in [6, 6.07) is 7.71. The van der Waals surface area contributed by atoms with E-state index in [1.54, 1.807) is 0 Å². The molecule has 0 spiro atoms. The molecule has 2 aromatic rings. The van der Waals surface area contributed by atoms with Crippen LogP contribution in [0.15, 0.2) is 30.5 Å². The van der Waals surface area contributed by atoms with E-state index in [1.165, 1.54) is 0 Å². The van der Waals surface area contributed by atoms with Crippen LogP contribution in [0.2, 0.25) is 5.02 Å². The Labute approximate surface area is 137 Å². The normalized spacial score (nSPS) is 14.8. The van der Waals surface area contributed by atoms with Gasteiger partial charge in [0, 0.05) is 36.9 Å². The average Bonchev–Trinajstić information content (AvgIpc) is 2.54. The number of anilines is 3. The van der Waals surface area contributed by atoms with Crippen LogP contribution in [-0.4, -0.2) is 41.1 Å². The SMILES string of the molecule is Nc1nc(N2CCN(c3cccc(Cl)c3)CC2)ncc1[N+](=O)[O-]. The van der Waals surface area contributed by atoms with Gasteiger partial charge in [0.25, 0.3) is 0 Å². The number of piperazine rings is 1. The Morgan fingerprint density at radius 3 is 2.52 bits per heavy atom. The summed E-state index contributed by atoms with van der Waals surface area (Å²) in [5.74, 6) is 0.302. The number of rotatable bonds is 3. The van der Waals surface area contributed by atoms with Crippen molar-refractivity contribution in [3.05, 3.63) is 45.6 Å². The molecule has 1 aromatic heterocycles. The van der Waals surface area contributed by atoms with Gasteiger partial charge in [-0.15, -0.1) is 0 Å². The van der Waals surface area contributed by atoms with Crippen molar-refractivity contribution >= 4 is 34.7 Å². The molecule has 1 saturated heterocycles. The van der Waals surface area contributed by atoms with Gasteiger partial charge in [-0.25, -0.2) is 4.98 Å². The first-order valence-electron chi connectivity index (χ1n) is 7.07. The highest BCUT2D eigenvalue weighted by Crippen LogP contribution is 2.24. The van der Waals surface area contributed by atoms with E-state index in [0.717, 1.165) is 25.0 Å². The summed E-state index contributed by atoms with van der Waals surface area (Å²) in [4.78, 5) is 22.4. The molecule has 0 radical (unpaired) electrons. The molecule has 1 fully saturated rings. The van der Waals surface area contributed by atoms with Crippen molar-refractivity contribution < 1.29 is 4.92 Å². The van der Waals surface area contributed by atoms with Crippen LogP contribution in [0.25, 0.3) is 0 Å². The van der Waals surface area contributed by atoms with Gasteiger partial charge < -0.3 is 15.5 Å². The van der Waals surface area contributed by atoms with E-state index in [4.69, 9.17) is 17.3 Å². The predicted molar refractivity (Wildman–Crippen MR) is 89.0 cm³/mol. The molecule has 9 heteroatoms. The molecule has 0 aliphatic carbocycles. The minimum absolute atomic E-state index is 0.114. The van der Waals surface area contributed by atoms with E-state index >= 15 is 0 Å². The second-order valence-corrected chi connectivity index (χ2v) is 5.59. The summed E-state index contributed by atoms with van der Waals surface area (Å²) in [7, 11) is 0. The zero-order valence-corrected chi connectivity index (χ0v) is 13.0. The maximum Gasteiger partial charge on any atom is 0.329 e. The topological polar surface area (TPSA) is 101 Å². The van der Waals surface area contributed by atoms with E-state index in [2.05, 4.69) is 14.9 Å². The molecular formula is C14H15ClN6O2. The number of halogens is 1. The van der Waals surface area contributed by atoms with E-state index in [9.17, 15) is 10.1 Å². The first kappa shape index (κ1) is 15.3. The molecule has 1 aliphatic rings. The van der Waals surface area contributed by atoms with E-state index in [1.807, 2.05) is 29.2 Å². The van der Waals surface area contributed by atoms with Crippen LogP contribution in [0.1, 0.15) is 0 Å². The molecule has 0 bridgehead atoms. The fraction of sp³-hybridized carbons (Fsp3) is 0.286. The maximum atomic E-state index is 10.8. The number of nitrogen functional groups attached to an aromatic ring is 1. The van der Waals surface area contributed by atoms with Crippen molar-refractivity contribution in [2.45, 2.75) is 0 Å². The van der Waals surface area contributed by atoms with Crippen LogP contribution in [0, 0.1) is 10.1 Å². The van der Waals surface area contributed by atoms with Crippen molar-refractivity contribution in [2.24, 2.45) is 0 Å². The third-order valence-electron chi connectivity index (χ3n) is 3.72. The Kier molecular flexibility index (Phi) is 4.16. The third-order valence-corrected chi connectivity index (χ3v) is 3.95. The highest BCUT2D eigenvalue weighted by molar-refractivity contribution is 6.30. The van der Waals surface area contributed by atoms with Crippen LogP contribution in [0.4, 0.5) is 23.1 Å². The van der Waals surface area contributed by atoms with Crippen molar-refractivity contribution in [3.8, 4) is 0 Å². The molecular weight excluding hydrogens is 320 g/mol. The number of aromatic nitrogens is 2. The number of hydrogen-bond acceptors (Lipinski definition) is 7. The number of nitro groups is 1. The minimum Gasteiger partial charge on any atom is -0.378 e. The molecule has 0 atom stereocenters. The van der Waals surface area contributed by atoms with Crippen molar-refractivity contribution in [1.82, 2.24) is 9.97 Å². The highest BCUT2D eigenvalue weighted by Gasteiger charge is 2.22. The largest absolute Gasteiger partial charge is 0.378 e. The molecule has 3 rings (SSSR count). The van der Waals surface area contributed by atoms with Crippen molar-refractivity contribution in [2.75, 3.05) is 41.7 Å². The Hall–Kier alpha value is -2.61. The molecule has 23 heavy (non-hydrogen) atoms. The molecule has 0 amide bonds. The minimum atomic E-state index is -0.587. The van der Waals surface area contributed by atoms with E-state index in [0.29, 0.717) is 24.1 Å². The first-order chi connectivity index (χ1) is 11.0. The zero-order valence-electron chi connectivity index (χ0n) is 12.2. The molecule has 2 heterocycles. The van der Waals surface area contributed by atoms with Crippen LogP contribution >= 0.6 is 11.6 Å². The molecule has 2 N–H and O–H groups in total. The molecule has 1 aromatic carbocycles. The standard InChI is InChI=1S/C14H15ClN6O2/c15-10-2-1-3-11(8-10)19-4-6-20(7-5-19)14-17-9-12(21(22)23)13(16)18-14/h1-3,8-9H,4-7H2,(H2,16,17,18). The van der Waals surface area contributed by atoms with Crippen molar-refractivity contribution in [1.29, 1.82) is 0 Å². The predicted octanol–water partition coefficient (Wildman–Crippen LogP) is 1.95. The summed E-state index contributed by atoms with van der Waals surface area (Å²) >= 11 is 6.02. The lowest BCUT2D eigenvalue weighted by Crippen LogP contribution is -2.47. The van der Waals surface area contributed by atoms with Gasteiger partial charge in [-0.1, -0.05) is 17.7 Å². The number of nitrogens with zero attached hydrogens (tertiary/aromatic N) is 5. The smallest absolute Gasteiger partial charge is 0.329 e. The van der Waals surface area contributed by atoms with Gasteiger partial charge in [0.05, 0.1) is 4.92 Å². The fourth-order valence-corrected chi connectivity index (χ4v) is 2.69. The number of nitrogens with two attached hydrogens (primary N) is 1. The van der Waals surface area contributed by atoms with Crippen LogP contribution in [0.5, 0.6) is 0 Å². The highest BCUT2D eigenvalue weighted by atomic mass is 35.5.